The van der Waals surface area contributed by atoms with E-state index in [-0.39, 0.29) is 24.1 Å². The molecule has 0 radical (unpaired) electrons. The van der Waals surface area contributed by atoms with Gasteiger partial charge in [-0.05, 0) is 20.8 Å². The van der Waals surface area contributed by atoms with E-state index in [0.717, 1.165) is 17.7 Å². The van der Waals surface area contributed by atoms with Gasteiger partial charge in [0.05, 0.1) is 18.3 Å². The topological polar surface area (TPSA) is 49.8 Å². The molecule has 21 heavy (non-hydrogen) atoms. The number of carbonyl (C=O) groups is 1. The van der Waals surface area contributed by atoms with Crippen molar-refractivity contribution in [1.29, 1.82) is 0 Å². The van der Waals surface area contributed by atoms with Crippen LogP contribution in [0.25, 0.3) is 0 Å². The Kier molecular flexibility index (Phi) is 5.14. The lowest BCUT2D eigenvalue weighted by Crippen LogP contribution is -2.54. The van der Waals surface area contributed by atoms with Crippen LogP contribution in [0.2, 0.25) is 0 Å². The van der Waals surface area contributed by atoms with Crippen molar-refractivity contribution in [3.8, 4) is 0 Å². The number of carbonyl (C=O) groups excluding carboxylic acids is 1. The Morgan fingerprint density at radius 1 is 1.38 bits per heavy atom. The quantitative estimate of drug-likeness (QED) is 0.844. The number of aliphatic hydroxyl groups excluding tert-OH is 1. The molecule has 1 N–H and O–H groups in total. The van der Waals surface area contributed by atoms with E-state index in [0.29, 0.717) is 19.5 Å². The van der Waals surface area contributed by atoms with Gasteiger partial charge in [0.2, 0.25) is 0 Å². The van der Waals surface area contributed by atoms with Gasteiger partial charge in [-0.15, -0.1) is 0 Å². The third kappa shape index (κ3) is 4.63. The van der Waals surface area contributed by atoms with E-state index in [1.807, 2.05) is 45.0 Å². The highest BCUT2D eigenvalue weighted by Gasteiger charge is 2.32. The highest BCUT2D eigenvalue weighted by Crippen LogP contribution is 2.21. The van der Waals surface area contributed by atoms with Crippen LogP contribution in [0, 0.1) is 6.92 Å². The largest absolute Gasteiger partial charge is 0.394 e. The summed E-state index contributed by atoms with van der Waals surface area (Å²) in [5, 5.41) is 9.30. The fraction of sp³-hybridized carbons (Fsp3) is 0.588. The van der Waals surface area contributed by atoms with Crippen molar-refractivity contribution in [2.24, 2.45) is 0 Å². The van der Waals surface area contributed by atoms with E-state index in [1.54, 1.807) is 0 Å². The van der Waals surface area contributed by atoms with Crippen molar-refractivity contribution in [2.45, 2.75) is 38.9 Å². The number of ketones is 1. The Hall–Kier alpha value is -1.23. The SMILES string of the molecule is Cc1ccc(C(=O)CCN2CC(CO)OC(C)(C)C2)cc1. The molecule has 1 aliphatic rings. The number of morpholine rings is 1. The van der Waals surface area contributed by atoms with E-state index < -0.39 is 0 Å². The summed E-state index contributed by atoms with van der Waals surface area (Å²) in [5.74, 6) is 0.167. The highest BCUT2D eigenvalue weighted by molar-refractivity contribution is 5.96. The first-order valence-corrected chi connectivity index (χ1v) is 7.50. The van der Waals surface area contributed by atoms with Crippen LogP contribution in [0.4, 0.5) is 0 Å². The normalized spacial score (nSPS) is 22.2. The predicted molar refractivity (Wildman–Crippen MR) is 82.6 cm³/mol. The zero-order valence-electron chi connectivity index (χ0n) is 13.1. The minimum atomic E-state index is -0.279. The molecule has 0 aromatic heterocycles. The predicted octanol–water partition coefficient (Wildman–Crippen LogP) is 2.04. The summed E-state index contributed by atoms with van der Waals surface area (Å²) in [6.07, 6.45) is 0.334. The summed E-state index contributed by atoms with van der Waals surface area (Å²) < 4.78 is 5.78. The summed E-state index contributed by atoms with van der Waals surface area (Å²) in [6, 6.07) is 7.70. The number of aryl methyl sites for hydroxylation is 1. The second-order valence-corrected chi connectivity index (χ2v) is 6.46. The molecule has 4 heteroatoms. The minimum absolute atomic E-state index is 0.0197. The maximum Gasteiger partial charge on any atom is 0.164 e. The first-order valence-electron chi connectivity index (χ1n) is 7.50. The van der Waals surface area contributed by atoms with Crippen LogP contribution < -0.4 is 0 Å². The van der Waals surface area contributed by atoms with Gasteiger partial charge in [-0.2, -0.15) is 0 Å². The molecule has 0 bridgehead atoms. The average molecular weight is 291 g/mol. The van der Waals surface area contributed by atoms with Gasteiger partial charge in [0, 0.05) is 31.6 Å². The van der Waals surface area contributed by atoms with Crippen LogP contribution >= 0.6 is 0 Å². The Bertz CT molecular complexity index is 481. The summed E-state index contributed by atoms with van der Waals surface area (Å²) >= 11 is 0. The van der Waals surface area contributed by atoms with Gasteiger partial charge >= 0.3 is 0 Å². The third-order valence-corrected chi connectivity index (χ3v) is 3.78. The lowest BCUT2D eigenvalue weighted by Gasteiger charge is -2.42. The molecule has 1 unspecified atom stereocenters. The molecule has 1 fully saturated rings. The molecule has 2 rings (SSSR count). The molecule has 0 spiro atoms. The minimum Gasteiger partial charge on any atom is -0.394 e. The monoisotopic (exact) mass is 291 g/mol. The summed E-state index contributed by atoms with van der Waals surface area (Å²) in [6.45, 7) is 8.24. The van der Waals surface area contributed by atoms with E-state index in [4.69, 9.17) is 4.74 Å². The second-order valence-electron chi connectivity index (χ2n) is 6.46. The number of rotatable bonds is 5. The van der Waals surface area contributed by atoms with Crippen LogP contribution in [0.15, 0.2) is 24.3 Å². The molecule has 0 amide bonds. The van der Waals surface area contributed by atoms with Gasteiger partial charge in [0.1, 0.15) is 0 Å². The maximum absolute atomic E-state index is 12.2. The van der Waals surface area contributed by atoms with Crippen molar-refractivity contribution < 1.29 is 14.6 Å². The molecule has 4 nitrogen and oxygen atoms in total. The van der Waals surface area contributed by atoms with Crippen LogP contribution in [-0.2, 0) is 4.74 Å². The van der Waals surface area contributed by atoms with Crippen LogP contribution in [0.5, 0.6) is 0 Å². The fourth-order valence-electron chi connectivity index (χ4n) is 2.83. The lowest BCUT2D eigenvalue weighted by atomic mass is 10.0. The molecule has 1 aliphatic heterocycles. The van der Waals surface area contributed by atoms with Gasteiger partial charge in [-0.1, -0.05) is 29.8 Å². The second kappa shape index (κ2) is 6.69. The van der Waals surface area contributed by atoms with Gasteiger partial charge in [0.15, 0.2) is 5.78 Å². The fourth-order valence-corrected chi connectivity index (χ4v) is 2.83. The smallest absolute Gasteiger partial charge is 0.164 e. The zero-order valence-corrected chi connectivity index (χ0v) is 13.1. The Morgan fingerprint density at radius 2 is 2.05 bits per heavy atom. The van der Waals surface area contributed by atoms with Crippen molar-refractivity contribution in [3.63, 3.8) is 0 Å². The molecule has 1 aromatic rings. The number of aliphatic hydroxyl groups is 1. The number of benzene rings is 1. The van der Waals surface area contributed by atoms with Crippen molar-refractivity contribution in [1.82, 2.24) is 4.90 Å². The number of hydrogen-bond donors (Lipinski definition) is 1. The molecular weight excluding hydrogens is 266 g/mol. The average Bonchev–Trinajstić information content (AvgIpc) is 2.44. The number of Topliss-reactive ketones (excluding diaryl/α,β-unsaturated/α-hetero) is 1. The Labute approximate surface area is 126 Å². The Morgan fingerprint density at radius 3 is 2.67 bits per heavy atom. The van der Waals surface area contributed by atoms with Crippen LogP contribution in [0.3, 0.4) is 0 Å². The molecule has 1 heterocycles. The molecule has 0 saturated carbocycles. The molecule has 1 atom stereocenters. The van der Waals surface area contributed by atoms with Gasteiger partial charge in [0.25, 0.3) is 0 Å². The van der Waals surface area contributed by atoms with E-state index in [2.05, 4.69) is 4.90 Å². The first-order chi connectivity index (χ1) is 9.89. The van der Waals surface area contributed by atoms with Gasteiger partial charge in [-0.3, -0.25) is 9.69 Å². The standard InChI is InChI=1S/C17H25NO3/c1-13-4-6-14(7-5-13)16(20)8-9-18-10-15(11-19)21-17(2,3)12-18/h4-7,15,19H,8-12H2,1-3H3. The van der Waals surface area contributed by atoms with E-state index in [1.165, 1.54) is 0 Å². The van der Waals surface area contributed by atoms with Crippen molar-refractivity contribution in [2.75, 3.05) is 26.2 Å². The van der Waals surface area contributed by atoms with Crippen LogP contribution in [-0.4, -0.2) is 53.7 Å². The van der Waals surface area contributed by atoms with Crippen LogP contribution in [0.1, 0.15) is 36.2 Å². The first kappa shape index (κ1) is 16.1. The van der Waals surface area contributed by atoms with Crippen molar-refractivity contribution >= 4 is 5.78 Å². The van der Waals surface area contributed by atoms with E-state index >= 15 is 0 Å². The molecular formula is C17H25NO3. The number of nitrogens with zero attached hydrogens (tertiary/aromatic N) is 1. The van der Waals surface area contributed by atoms with Gasteiger partial charge < -0.3 is 9.84 Å². The third-order valence-electron chi connectivity index (χ3n) is 3.78. The van der Waals surface area contributed by atoms with Gasteiger partial charge in [-0.25, -0.2) is 0 Å². The maximum atomic E-state index is 12.2. The summed E-state index contributed by atoms with van der Waals surface area (Å²) in [5.41, 5.74) is 1.65. The number of ether oxygens (including phenoxy) is 1. The summed E-state index contributed by atoms with van der Waals surface area (Å²) in [7, 11) is 0. The van der Waals surface area contributed by atoms with E-state index in [9.17, 15) is 9.90 Å². The number of hydrogen-bond acceptors (Lipinski definition) is 4. The zero-order chi connectivity index (χ0) is 15.5. The molecule has 116 valence electrons. The Balaban J connectivity index is 1.90. The van der Waals surface area contributed by atoms with Crippen molar-refractivity contribution in [3.05, 3.63) is 35.4 Å². The molecule has 0 aliphatic carbocycles. The molecule has 1 saturated heterocycles. The summed E-state index contributed by atoms with van der Waals surface area (Å²) in [4.78, 5) is 14.4. The lowest BCUT2D eigenvalue weighted by molar-refractivity contribution is -0.148. The molecule has 1 aromatic carbocycles. The highest BCUT2D eigenvalue weighted by atomic mass is 16.5.